The molecule has 4 heteroatoms. The second-order valence-electron chi connectivity index (χ2n) is 3.66. The molecule has 0 N–H and O–H groups in total. The molecule has 1 heterocycles. The van der Waals surface area contributed by atoms with Gasteiger partial charge in [0.15, 0.2) is 0 Å². The third kappa shape index (κ3) is 1.42. The zero-order valence-electron chi connectivity index (χ0n) is 6.96. The van der Waals surface area contributed by atoms with Crippen LogP contribution in [0, 0.1) is 11.3 Å². The van der Waals surface area contributed by atoms with E-state index in [9.17, 15) is 0 Å². The fraction of sp³-hybridized carbons (Fsp3) is 0.750. The SMILES string of the molecule is CC1CC1(CBr)Cc1cnns1. The van der Waals surface area contributed by atoms with Gasteiger partial charge in [-0.1, -0.05) is 27.3 Å². The standard InChI is InChI=1S/C8H11BrN2S/c1-6-2-8(6,5-9)3-7-4-10-11-12-7/h4,6H,2-3,5H2,1H3. The lowest BCUT2D eigenvalue weighted by atomic mass is 10.0. The van der Waals surface area contributed by atoms with Crippen LogP contribution in [0.5, 0.6) is 0 Å². The van der Waals surface area contributed by atoms with Gasteiger partial charge in [-0.3, -0.25) is 0 Å². The van der Waals surface area contributed by atoms with Crippen molar-refractivity contribution >= 4 is 27.5 Å². The summed E-state index contributed by atoms with van der Waals surface area (Å²) in [6.45, 7) is 2.32. The predicted octanol–water partition coefficient (Wildman–Crippen LogP) is 2.50. The van der Waals surface area contributed by atoms with Crippen molar-refractivity contribution in [1.82, 2.24) is 9.59 Å². The molecule has 2 nitrogen and oxygen atoms in total. The Bertz CT molecular complexity index is 258. The van der Waals surface area contributed by atoms with Gasteiger partial charge in [-0.25, -0.2) is 0 Å². The molecule has 2 rings (SSSR count). The minimum atomic E-state index is 0.522. The van der Waals surface area contributed by atoms with E-state index in [4.69, 9.17) is 0 Å². The molecule has 66 valence electrons. The van der Waals surface area contributed by atoms with Crippen molar-refractivity contribution in [2.75, 3.05) is 5.33 Å². The van der Waals surface area contributed by atoms with E-state index in [1.54, 1.807) is 0 Å². The fourth-order valence-corrected chi connectivity index (χ4v) is 3.27. The maximum Gasteiger partial charge on any atom is 0.0653 e. The van der Waals surface area contributed by atoms with Crippen LogP contribution in [0.1, 0.15) is 18.2 Å². The third-order valence-electron chi connectivity index (χ3n) is 2.80. The molecule has 1 aromatic rings. The minimum Gasteiger partial charge on any atom is -0.146 e. The summed E-state index contributed by atoms with van der Waals surface area (Å²) in [4.78, 5) is 1.32. The summed E-state index contributed by atoms with van der Waals surface area (Å²) >= 11 is 5.11. The number of nitrogens with zero attached hydrogens (tertiary/aromatic N) is 2. The summed E-state index contributed by atoms with van der Waals surface area (Å²) in [6.07, 6.45) is 4.38. The summed E-state index contributed by atoms with van der Waals surface area (Å²) < 4.78 is 3.87. The van der Waals surface area contributed by atoms with Crippen LogP contribution >= 0.6 is 27.5 Å². The van der Waals surface area contributed by atoms with E-state index >= 15 is 0 Å². The van der Waals surface area contributed by atoms with Crippen LogP contribution in [0.3, 0.4) is 0 Å². The van der Waals surface area contributed by atoms with E-state index in [0.29, 0.717) is 5.41 Å². The Morgan fingerprint density at radius 2 is 2.58 bits per heavy atom. The first-order chi connectivity index (χ1) is 5.77. The third-order valence-corrected chi connectivity index (χ3v) is 4.57. The first-order valence-electron chi connectivity index (χ1n) is 4.09. The number of hydrogen-bond acceptors (Lipinski definition) is 3. The van der Waals surface area contributed by atoms with Gasteiger partial charge in [-0.15, -0.1) is 5.10 Å². The van der Waals surface area contributed by atoms with Crippen LogP contribution in [0.25, 0.3) is 0 Å². The van der Waals surface area contributed by atoms with Crippen molar-refractivity contribution in [2.24, 2.45) is 11.3 Å². The monoisotopic (exact) mass is 246 g/mol. The molecule has 1 aliphatic rings. The minimum absolute atomic E-state index is 0.522. The zero-order valence-corrected chi connectivity index (χ0v) is 9.36. The van der Waals surface area contributed by atoms with Gasteiger partial charge < -0.3 is 0 Å². The van der Waals surface area contributed by atoms with E-state index < -0.39 is 0 Å². The van der Waals surface area contributed by atoms with Crippen LogP contribution in [-0.2, 0) is 6.42 Å². The van der Waals surface area contributed by atoms with Crippen LogP contribution in [0.15, 0.2) is 6.20 Å². The molecule has 1 aromatic heterocycles. The maximum atomic E-state index is 3.87. The second-order valence-corrected chi connectivity index (χ2v) is 5.09. The molecule has 2 unspecified atom stereocenters. The van der Waals surface area contributed by atoms with Crippen molar-refractivity contribution in [3.8, 4) is 0 Å². The van der Waals surface area contributed by atoms with E-state index in [-0.39, 0.29) is 0 Å². The normalized spacial score (nSPS) is 33.7. The van der Waals surface area contributed by atoms with Gasteiger partial charge in [0.1, 0.15) is 0 Å². The molecule has 0 saturated heterocycles. The topological polar surface area (TPSA) is 25.8 Å². The van der Waals surface area contributed by atoms with Gasteiger partial charge in [0.2, 0.25) is 0 Å². The summed E-state index contributed by atoms with van der Waals surface area (Å²) in [5, 5.41) is 4.96. The Labute approximate surface area is 84.7 Å². The molecule has 0 aromatic carbocycles. The molecule has 1 aliphatic carbocycles. The number of alkyl halides is 1. The van der Waals surface area contributed by atoms with Crippen molar-refractivity contribution in [3.05, 3.63) is 11.1 Å². The molecule has 12 heavy (non-hydrogen) atoms. The van der Waals surface area contributed by atoms with Gasteiger partial charge in [-0.05, 0) is 35.7 Å². The number of rotatable bonds is 3. The molecule has 0 amide bonds. The number of hydrogen-bond donors (Lipinski definition) is 0. The Kier molecular flexibility index (Phi) is 2.21. The summed E-state index contributed by atoms with van der Waals surface area (Å²) in [5.41, 5.74) is 0.522. The molecular formula is C8H11BrN2S. The Morgan fingerprint density at radius 3 is 3.00 bits per heavy atom. The van der Waals surface area contributed by atoms with Crippen LogP contribution in [0.2, 0.25) is 0 Å². The highest BCUT2D eigenvalue weighted by molar-refractivity contribution is 9.09. The molecule has 1 saturated carbocycles. The first kappa shape index (κ1) is 8.63. The highest BCUT2D eigenvalue weighted by Crippen LogP contribution is 2.55. The number of halogens is 1. The van der Waals surface area contributed by atoms with Gasteiger partial charge in [0, 0.05) is 10.2 Å². The Morgan fingerprint density at radius 1 is 1.83 bits per heavy atom. The lowest BCUT2D eigenvalue weighted by molar-refractivity contribution is 0.536. The second kappa shape index (κ2) is 3.07. The molecule has 1 fully saturated rings. The number of aromatic nitrogens is 2. The quantitative estimate of drug-likeness (QED) is 0.767. The first-order valence-corrected chi connectivity index (χ1v) is 5.98. The average molecular weight is 247 g/mol. The van der Waals surface area contributed by atoms with Crippen LogP contribution < -0.4 is 0 Å². The van der Waals surface area contributed by atoms with Gasteiger partial charge >= 0.3 is 0 Å². The fourth-order valence-electron chi connectivity index (χ4n) is 1.64. The summed E-state index contributed by atoms with van der Waals surface area (Å²) in [6, 6.07) is 0. The smallest absolute Gasteiger partial charge is 0.0653 e. The zero-order chi connectivity index (χ0) is 8.60. The van der Waals surface area contributed by atoms with Gasteiger partial charge in [0.05, 0.1) is 6.20 Å². The molecule has 0 radical (unpaired) electrons. The van der Waals surface area contributed by atoms with E-state index in [1.807, 2.05) is 6.20 Å². The average Bonchev–Trinajstić information content (AvgIpc) is 2.51. The highest BCUT2D eigenvalue weighted by atomic mass is 79.9. The molecule has 2 atom stereocenters. The van der Waals surface area contributed by atoms with Crippen molar-refractivity contribution in [1.29, 1.82) is 0 Å². The summed E-state index contributed by atoms with van der Waals surface area (Å²) in [5.74, 6) is 0.860. The van der Waals surface area contributed by atoms with E-state index in [2.05, 4.69) is 32.4 Å². The largest absolute Gasteiger partial charge is 0.146 e. The highest BCUT2D eigenvalue weighted by Gasteiger charge is 2.49. The Hall–Kier alpha value is 0.0400. The molecule has 0 bridgehead atoms. The maximum absolute atomic E-state index is 3.87. The van der Waals surface area contributed by atoms with E-state index in [1.165, 1.54) is 22.8 Å². The lowest BCUT2D eigenvalue weighted by Gasteiger charge is -2.09. The molecule has 0 aliphatic heterocycles. The molecular weight excluding hydrogens is 236 g/mol. The predicted molar refractivity (Wildman–Crippen MR) is 53.6 cm³/mol. The Balaban J connectivity index is 2.04. The molecule has 0 spiro atoms. The van der Waals surface area contributed by atoms with Crippen molar-refractivity contribution < 1.29 is 0 Å². The van der Waals surface area contributed by atoms with Crippen molar-refractivity contribution in [3.63, 3.8) is 0 Å². The van der Waals surface area contributed by atoms with Crippen molar-refractivity contribution in [2.45, 2.75) is 19.8 Å². The van der Waals surface area contributed by atoms with E-state index in [0.717, 1.165) is 17.7 Å². The van der Waals surface area contributed by atoms with Gasteiger partial charge in [-0.2, -0.15) is 0 Å². The van der Waals surface area contributed by atoms with Gasteiger partial charge in [0.25, 0.3) is 0 Å². The lowest BCUT2D eigenvalue weighted by Crippen LogP contribution is -2.07. The van der Waals surface area contributed by atoms with Crippen LogP contribution in [-0.4, -0.2) is 14.9 Å². The van der Waals surface area contributed by atoms with Crippen LogP contribution in [0.4, 0.5) is 0 Å². The summed E-state index contributed by atoms with van der Waals surface area (Å²) in [7, 11) is 0.